The number of nitrogens with one attached hydrogen (secondary N) is 1. The summed E-state index contributed by atoms with van der Waals surface area (Å²) in [7, 11) is 0. The highest BCUT2D eigenvalue weighted by molar-refractivity contribution is 5.95. The fourth-order valence-electron chi connectivity index (χ4n) is 1.68. The lowest BCUT2D eigenvalue weighted by atomic mass is 10.1. The average molecular weight is 277 g/mol. The van der Waals surface area contributed by atoms with E-state index in [9.17, 15) is 19.1 Å². The Hall–Kier alpha value is -2.63. The summed E-state index contributed by atoms with van der Waals surface area (Å²) in [6, 6.07) is 5.59. The van der Waals surface area contributed by atoms with Crippen LogP contribution < -0.4 is 10.7 Å². The molecule has 0 spiro atoms. The molecule has 2 N–H and O–H groups in total. The molecule has 0 atom stereocenters. The quantitative estimate of drug-likeness (QED) is 0.895. The zero-order valence-corrected chi connectivity index (χ0v) is 10.6. The van der Waals surface area contributed by atoms with Crippen LogP contribution in [0.25, 0.3) is 0 Å². The van der Waals surface area contributed by atoms with Crippen molar-refractivity contribution in [2.75, 3.05) is 0 Å². The van der Waals surface area contributed by atoms with Crippen LogP contribution in [0.3, 0.4) is 0 Å². The first-order valence-electron chi connectivity index (χ1n) is 5.83. The predicted molar refractivity (Wildman–Crippen MR) is 69.0 cm³/mol. The van der Waals surface area contributed by atoms with Crippen LogP contribution in [0.15, 0.2) is 39.7 Å². The van der Waals surface area contributed by atoms with Gasteiger partial charge in [0, 0.05) is 6.54 Å². The molecule has 1 aromatic heterocycles. The first kappa shape index (κ1) is 13.8. The highest BCUT2D eigenvalue weighted by Gasteiger charge is 2.17. The second-order valence-corrected chi connectivity index (χ2v) is 4.19. The number of amides is 1. The predicted octanol–water partition coefficient (Wildman–Crippen LogP) is 1.72. The fourth-order valence-corrected chi connectivity index (χ4v) is 1.68. The Labute approximate surface area is 113 Å². The monoisotopic (exact) mass is 277 g/mol. The SMILES string of the molecule is Cc1occ(O)c(=O)c1C(=O)NCc1ccc(F)cc1. The minimum Gasteiger partial charge on any atom is -0.502 e. The molecule has 5 nitrogen and oxygen atoms in total. The number of aryl methyl sites for hydroxylation is 1. The third kappa shape index (κ3) is 2.85. The van der Waals surface area contributed by atoms with Gasteiger partial charge in [0.2, 0.25) is 5.43 Å². The number of rotatable bonds is 3. The molecule has 0 saturated carbocycles. The number of carbonyl (C=O) groups excluding carboxylic acids is 1. The Balaban J connectivity index is 2.15. The molecule has 104 valence electrons. The summed E-state index contributed by atoms with van der Waals surface area (Å²) in [6.45, 7) is 1.58. The van der Waals surface area contributed by atoms with Crippen molar-refractivity contribution in [1.82, 2.24) is 5.32 Å². The lowest BCUT2D eigenvalue weighted by Gasteiger charge is -2.06. The van der Waals surface area contributed by atoms with Crippen molar-refractivity contribution in [3.8, 4) is 5.75 Å². The highest BCUT2D eigenvalue weighted by atomic mass is 19.1. The van der Waals surface area contributed by atoms with Gasteiger partial charge < -0.3 is 14.8 Å². The largest absolute Gasteiger partial charge is 0.502 e. The molecule has 0 aliphatic heterocycles. The topological polar surface area (TPSA) is 79.5 Å². The summed E-state index contributed by atoms with van der Waals surface area (Å²) in [4.78, 5) is 23.6. The number of hydrogen-bond donors (Lipinski definition) is 2. The van der Waals surface area contributed by atoms with Crippen LogP contribution in [-0.2, 0) is 6.54 Å². The van der Waals surface area contributed by atoms with Gasteiger partial charge in [0.15, 0.2) is 5.75 Å². The Morgan fingerprint density at radius 2 is 2.00 bits per heavy atom. The molecule has 2 rings (SSSR count). The Morgan fingerprint density at radius 1 is 1.35 bits per heavy atom. The van der Waals surface area contributed by atoms with E-state index >= 15 is 0 Å². The number of halogens is 1. The molecule has 20 heavy (non-hydrogen) atoms. The molecule has 1 amide bonds. The van der Waals surface area contributed by atoms with E-state index in [-0.39, 0.29) is 23.7 Å². The summed E-state index contributed by atoms with van der Waals surface area (Å²) in [5.74, 6) is -1.53. The molecule has 0 unspecified atom stereocenters. The van der Waals surface area contributed by atoms with Crippen molar-refractivity contribution in [3.63, 3.8) is 0 Å². The van der Waals surface area contributed by atoms with Crippen LogP contribution >= 0.6 is 0 Å². The average Bonchev–Trinajstić information content (AvgIpc) is 2.43. The Morgan fingerprint density at radius 3 is 2.65 bits per heavy atom. The minimum atomic E-state index is -0.787. The normalized spacial score (nSPS) is 10.3. The second-order valence-electron chi connectivity index (χ2n) is 4.19. The van der Waals surface area contributed by atoms with Gasteiger partial charge in [0.05, 0.1) is 0 Å². The van der Waals surface area contributed by atoms with Crippen molar-refractivity contribution in [2.24, 2.45) is 0 Å². The summed E-state index contributed by atoms with van der Waals surface area (Å²) >= 11 is 0. The van der Waals surface area contributed by atoms with Crippen molar-refractivity contribution in [1.29, 1.82) is 0 Å². The first-order chi connectivity index (χ1) is 9.49. The molecule has 2 aromatic rings. The summed E-state index contributed by atoms with van der Waals surface area (Å²) in [5.41, 5.74) is -0.348. The van der Waals surface area contributed by atoms with Gasteiger partial charge in [-0.05, 0) is 24.6 Å². The molecule has 6 heteroatoms. The minimum absolute atomic E-state index is 0.115. The molecule has 0 saturated heterocycles. The third-order valence-electron chi connectivity index (χ3n) is 2.75. The van der Waals surface area contributed by atoms with Crippen LogP contribution in [0.2, 0.25) is 0 Å². The maximum atomic E-state index is 12.7. The summed E-state index contributed by atoms with van der Waals surface area (Å²) in [6.07, 6.45) is 0.883. The van der Waals surface area contributed by atoms with Gasteiger partial charge in [-0.3, -0.25) is 9.59 Å². The maximum Gasteiger partial charge on any atom is 0.259 e. The van der Waals surface area contributed by atoms with Gasteiger partial charge >= 0.3 is 0 Å². The summed E-state index contributed by atoms with van der Waals surface area (Å²) < 4.78 is 17.6. The van der Waals surface area contributed by atoms with E-state index < -0.39 is 17.1 Å². The van der Waals surface area contributed by atoms with Crippen molar-refractivity contribution in [3.05, 3.63) is 63.5 Å². The van der Waals surface area contributed by atoms with E-state index in [2.05, 4.69) is 5.32 Å². The van der Waals surface area contributed by atoms with Gasteiger partial charge in [0.1, 0.15) is 23.4 Å². The third-order valence-corrected chi connectivity index (χ3v) is 2.75. The Bertz CT molecular complexity index is 691. The smallest absolute Gasteiger partial charge is 0.259 e. The van der Waals surface area contributed by atoms with Crippen LogP contribution in [0.4, 0.5) is 4.39 Å². The van der Waals surface area contributed by atoms with E-state index in [1.807, 2.05) is 0 Å². The van der Waals surface area contributed by atoms with E-state index in [0.29, 0.717) is 5.56 Å². The molecule has 1 heterocycles. The standard InChI is InChI=1S/C14H12FNO4/c1-8-12(13(18)11(17)7-20-8)14(19)16-6-9-2-4-10(15)5-3-9/h2-5,7,17H,6H2,1H3,(H,16,19). The zero-order chi connectivity index (χ0) is 14.7. The summed E-state index contributed by atoms with van der Waals surface area (Å²) in [5, 5.41) is 11.8. The van der Waals surface area contributed by atoms with E-state index in [0.717, 1.165) is 6.26 Å². The molecule has 0 radical (unpaired) electrons. The van der Waals surface area contributed by atoms with Crippen molar-refractivity contribution < 1.29 is 18.7 Å². The molecular weight excluding hydrogens is 265 g/mol. The van der Waals surface area contributed by atoms with Crippen molar-refractivity contribution >= 4 is 5.91 Å². The molecule has 0 fully saturated rings. The molecule has 0 aliphatic carbocycles. The van der Waals surface area contributed by atoms with Crippen LogP contribution in [0.1, 0.15) is 21.7 Å². The van der Waals surface area contributed by atoms with Gasteiger partial charge in [-0.1, -0.05) is 12.1 Å². The first-order valence-corrected chi connectivity index (χ1v) is 5.83. The highest BCUT2D eigenvalue weighted by Crippen LogP contribution is 2.09. The van der Waals surface area contributed by atoms with Crippen molar-refractivity contribution in [2.45, 2.75) is 13.5 Å². The molecule has 0 aliphatic rings. The second kappa shape index (κ2) is 5.56. The molecular formula is C14H12FNO4. The number of aromatic hydroxyl groups is 1. The van der Waals surface area contributed by atoms with E-state index in [4.69, 9.17) is 4.42 Å². The molecule has 0 bridgehead atoms. The number of hydrogen-bond acceptors (Lipinski definition) is 4. The number of carbonyl (C=O) groups is 1. The maximum absolute atomic E-state index is 12.7. The van der Waals surface area contributed by atoms with Gasteiger partial charge in [-0.25, -0.2) is 4.39 Å². The van der Waals surface area contributed by atoms with Gasteiger partial charge in [-0.15, -0.1) is 0 Å². The fraction of sp³-hybridized carbons (Fsp3) is 0.143. The zero-order valence-electron chi connectivity index (χ0n) is 10.6. The van der Waals surface area contributed by atoms with Crippen LogP contribution in [-0.4, -0.2) is 11.0 Å². The lowest BCUT2D eigenvalue weighted by Crippen LogP contribution is -2.29. The van der Waals surface area contributed by atoms with E-state index in [1.54, 1.807) is 0 Å². The van der Waals surface area contributed by atoms with Gasteiger partial charge in [-0.2, -0.15) is 0 Å². The van der Waals surface area contributed by atoms with Crippen LogP contribution in [0.5, 0.6) is 5.75 Å². The molecule has 1 aromatic carbocycles. The van der Waals surface area contributed by atoms with E-state index in [1.165, 1.54) is 31.2 Å². The number of benzene rings is 1. The van der Waals surface area contributed by atoms with Gasteiger partial charge in [0.25, 0.3) is 5.91 Å². The lowest BCUT2D eigenvalue weighted by molar-refractivity contribution is 0.0945. The van der Waals surface area contributed by atoms with Crippen LogP contribution in [0, 0.1) is 12.7 Å². The Kier molecular flexibility index (Phi) is 3.84.